The Kier molecular flexibility index (Phi) is 6.48. The van der Waals surface area contributed by atoms with E-state index < -0.39 is 11.7 Å². The topological polar surface area (TPSA) is 44.0 Å². The highest BCUT2D eigenvalue weighted by molar-refractivity contribution is 5.85. The van der Waals surface area contributed by atoms with Gasteiger partial charge in [-0.2, -0.15) is 18.3 Å². The Morgan fingerprint density at radius 1 is 1.28 bits per heavy atom. The standard InChI is InChI=1S/C17H21F3N4.ClH/c1-21-10-15-3-2-8-24(15)11-13-9-22-23-16(13)12-4-6-14(7-5-12)17(18,19)20;/h4-7,9,15,21H,2-3,8,10-11H2,1H3,(H,22,23);1H. The lowest BCUT2D eigenvalue weighted by molar-refractivity contribution is -0.137. The summed E-state index contributed by atoms with van der Waals surface area (Å²) in [5.74, 6) is 0. The summed E-state index contributed by atoms with van der Waals surface area (Å²) < 4.78 is 38.1. The van der Waals surface area contributed by atoms with Crippen LogP contribution in [0, 0.1) is 0 Å². The first kappa shape index (κ1) is 19.8. The molecule has 8 heteroatoms. The molecule has 2 heterocycles. The summed E-state index contributed by atoms with van der Waals surface area (Å²) in [5, 5.41) is 10.2. The van der Waals surface area contributed by atoms with E-state index >= 15 is 0 Å². The van der Waals surface area contributed by atoms with Crippen molar-refractivity contribution in [1.29, 1.82) is 0 Å². The van der Waals surface area contributed by atoms with E-state index in [1.54, 1.807) is 6.20 Å². The monoisotopic (exact) mass is 374 g/mol. The van der Waals surface area contributed by atoms with Crippen LogP contribution < -0.4 is 5.32 Å². The van der Waals surface area contributed by atoms with Gasteiger partial charge in [-0.05, 0) is 44.1 Å². The van der Waals surface area contributed by atoms with Crippen molar-refractivity contribution in [2.45, 2.75) is 31.6 Å². The highest BCUT2D eigenvalue weighted by Crippen LogP contribution is 2.31. The molecule has 0 aliphatic carbocycles. The molecule has 1 unspecified atom stereocenters. The lowest BCUT2D eigenvalue weighted by Crippen LogP contribution is -2.36. The van der Waals surface area contributed by atoms with Crippen LogP contribution in [-0.4, -0.2) is 41.3 Å². The van der Waals surface area contributed by atoms with Crippen molar-refractivity contribution in [2.24, 2.45) is 0 Å². The van der Waals surface area contributed by atoms with Crippen molar-refractivity contribution in [2.75, 3.05) is 20.1 Å². The number of aromatic amines is 1. The van der Waals surface area contributed by atoms with Gasteiger partial charge in [0.25, 0.3) is 0 Å². The number of likely N-dealkylation sites (tertiary alicyclic amines) is 1. The number of hydrogen-bond acceptors (Lipinski definition) is 3. The molecule has 1 aromatic carbocycles. The highest BCUT2D eigenvalue weighted by atomic mass is 35.5. The van der Waals surface area contributed by atoms with Gasteiger partial charge in [0, 0.05) is 24.7 Å². The van der Waals surface area contributed by atoms with Gasteiger partial charge in [0.05, 0.1) is 17.5 Å². The third kappa shape index (κ3) is 4.54. The molecule has 2 N–H and O–H groups in total. The molecule has 2 aromatic rings. The van der Waals surface area contributed by atoms with E-state index in [1.807, 2.05) is 7.05 Å². The van der Waals surface area contributed by atoms with Crippen LogP contribution in [0.3, 0.4) is 0 Å². The number of nitrogens with one attached hydrogen (secondary N) is 2. The third-order valence-electron chi connectivity index (χ3n) is 4.53. The molecule has 138 valence electrons. The Balaban J connectivity index is 0.00000225. The Bertz CT molecular complexity index is 669. The molecule has 1 aromatic heterocycles. The van der Waals surface area contributed by atoms with Crippen molar-refractivity contribution >= 4 is 12.4 Å². The molecule has 25 heavy (non-hydrogen) atoms. The van der Waals surface area contributed by atoms with Crippen LogP contribution in [0.15, 0.2) is 30.5 Å². The molecule has 0 amide bonds. The minimum Gasteiger partial charge on any atom is -0.318 e. The number of alkyl halides is 3. The lowest BCUT2D eigenvalue weighted by Gasteiger charge is -2.24. The first-order chi connectivity index (χ1) is 11.5. The molecule has 1 saturated heterocycles. The van der Waals surface area contributed by atoms with Crippen LogP contribution >= 0.6 is 12.4 Å². The molecule has 1 atom stereocenters. The van der Waals surface area contributed by atoms with Gasteiger partial charge in [-0.25, -0.2) is 0 Å². The number of halogens is 4. The second kappa shape index (κ2) is 8.21. The molecular weight excluding hydrogens is 353 g/mol. The summed E-state index contributed by atoms with van der Waals surface area (Å²) in [6.45, 7) is 2.72. The van der Waals surface area contributed by atoms with Crippen molar-refractivity contribution in [3.8, 4) is 11.3 Å². The summed E-state index contributed by atoms with van der Waals surface area (Å²) in [6.07, 6.45) is -0.221. The zero-order valence-corrected chi connectivity index (χ0v) is 14.8. The van der Waals surface area contributed by atoms with Gasteiger partial charge in [-0.15, -0.1) is 12.4 Å². The van der Waals surface area contributed by atoms with Gasteiger partial charge in [-0.3, -0.25) is 10.00 Å². The SMILES string of the molecule is CNCC1CCCN1Cc1cn[nH]c1-c1ccc(C(F)(F)F)cc1.Cl. The van der Waals surface area contributed by atoms with Crippen LogP contribution in [0.1, 0.15) is 24.0 Å². The van der Waals surface area contributed by atoms with Gasteiger partial charge in [-0.1, -0.05) is 12.1 Å². The number of H-pyrrole nitrogens is 1. The van der Waals surface area contributed by atoms with Crippen LogP contribution in [0.4, 0.5) is 13.2 Å². The Morgan fingerprint density at radius 3 is 2.64 bits per heavy atom. The maximum Gasteiger partial charge on any atom is 0.416 e. The van der Waals surface area contributed by atoms with Crippen molar-refractivity contribution in [3.05, 3.63) is 41.6 Å². The molecule has 0 bridgehead atoms. The normalized spacial score (nSPS) is 18.3. The number of rotatable bonds is 5. The number of benzene rings is 1. The lowest BCUT2D eigenvalue weighted by atomic mass is 10.1. The molecule has 0 spiro atoms. The molecular formula is C17H22ClF3N4. The summed E-state index contributed by atoms with van der Waals surface area (Å²) in [4.78, 5) is 2.40. The fourth-order valence-corrected chi connectivity index (χ4v) is 3.30. The van der Waals surface area contributed by atoms with Crippen molar-refractivity contribution in [1.82, 2.24) is 20.4 Å². The fraction of sp³-hybridized carbons (Fsp3) is 0.471. The Hall–Kier alpha value is -1.57. The second-order valence-electron chi connectivity index (χ2n) is 6.17. The van der Waals surface area contributed by atoms with Crippen molar-refractivity contribution < 1.29 is 13.2 Å². The Labute approximate surface area is 151 Å². The zero-order valence-electron chi connectivity index (χ0n) is 13.9. The molecule has 0 radical (unpaired) electrons. The van der Waals surface area contributed by atoms with Crippen LogP contribution in [0.25, 0.3) is 11.3 Å². The molecule has 0 saturated carbocycles. The van der Waals surface area contributed by atoms with Gasteiger partial charge in [0.15, 0.2) is 0 Å². The zero-order chi connectivity index (χ0) is 17.2. The fourth-order valence-electron chi connectivity index (χ4n) is 3.30. The van der Waals surface area contributed by atoms with E-state index in [0.717, 1.165) is 55.0 Å². The predicted molar refractivity (Wildman–Crippen MR) is 93.6 cm³/mol. The van der Waals surface area contributed by atoms with Crippen LogP contribution in [0.5, 0.6) is 0 Å². The van der Waals surface area contributed by atoms with E-state index in [0.29, 0.717) is 6.04 Å². The number of aromatic nitrogens is 2. The van der Waals surface area contributed by atoms with E-state index in [9.17, 15) is 13.2 Å². The summed E-state index contributed by atoms with van der Waals surface area (Å²) in [5.41, 5.74) is 1.89. The minimum absolute atomic E-state index is 0. The number of hydrogen-bond donors (Lipinski definition) is 2. The predicted octanol–water partition coefficient (Wildman–Crippen LogP) is 3.70. The van der Waals surface area contributed by atoms with Gasteiger partial charge < -0.3 is 5.32 Å². The first-order valence-electron chi connectivity index (χ1n) is 8.07. The smallest absolute Gasteiger partial charge is 0.318 e. The van der Waals surface area contributed by atoms with E-state index in [2.05, 4.69) is 20.4 Å². The molecule has 1 fully saturated rings. The van der Waals surface area contributed by atoms with Crippen LogP contribution in [-0.2, 0) is 12.7 Å². The number of likely N-dealkylation sites (N-methyl/N-ethyl adjacent to an activating group) is 1. The maximum absolute atomic E-state index is 12.7. The average Bonchev–Trinajstić information content (AvgIpc) is 3.17. The largest absolute Gasteiger partial charge is 0.416 e. The van der Waals surface area contributed by atoms with Gasteiger partial charge in [0.2, 0.25) is 0 Å². The van der Waals surface area contributed by atoms with E-state index in [1.165, 1.54) is 18.6 Å². The number of nitrogens with zero attached hydrogens (tertiary/aromatic N) is 2. The van der Waals surface area contributed by atoms with Gasteiger partial charge >= 0.3 is 6.18 Å². The highest BCUT2D eigenvalue weighted by Gasteiger charge is 2.30. The molecule has 1 aliphatic rings. The molecule has 3 rings (SSSR count). The average molecular weight is 375 g/mol. The Morgan fingerprint density at radius 2 is 2.00 bits per heavy atom. The first-order valence-corrected chi connectivity index (χ1v) is 8.07. The van der Waals surface area contributed by atoms with E-state index in [-0.39, 0.29) is 12.4 Å². The quantitative estimate of drug-likeness (QED) is 0.838. The summed E-state index contributed by atoms with van der Waals surface area (Å²) >= 11 is 0. The minimum atomic E-state index is -4.31. The van der Waals surface area contributed by atoms with Gasteiger partial charge in [0.1, 0.15) is 0 Å². The summed E-state index contributed by atoms with van der Waals surface area (Å²) in [6, 6.07) is 5.70. The van der Waals surface area contributed by atoms with E-state index in [4.69, 9.17) is 0 Å². The second-order valence-corrected chi connectivity index (χ2v) is 6.17. The van der Waals surface area contributed by atoms with Crippen LogP contribution in [0.2, 0.25) is 0 Å². The maximum atomic E-state index is 12.7. The van der Waals surface area contributed by atoms with Crippen molar-refractivity contribution in [3.63, 3.8) is 0 Å². The summed E-state index contributed by atoms with van der Waals surface area (Å²) in [7, 11) is 1.95. The third-order valence-corrected chi connectivity index (χ3v) is 4.53. The molecule has 1 aliphatic heterocycles. The molecule has 4 nitrogen and oxygen atoms in total.